The first kappa shape index (κ1) is 5.88. The van der Waals surface area contributed by atoms with Crippen LogP contribution in [0, 0.1) is 5.82 Å². The Morgan fingerprint density at radius 2 is 2.44 bits per heavy atom. The van der Waals surface area contributed by atoms with Gasteiger partial charge in [0.15, 0.2) is 0 Å². The van der Waals surface area contributed by atoms with E-state index in [-0.39, 0.29) is 5.56 Å². The topological polar surface area (TPSA) is 30.0 Å². The molecule has 45 valence electrons. The zero-order valence-corrected chi connectivity index (χ0v) is 4.47. The molecule has 0 amide bonds. The first-order valence-electron chi connectivity index (χ1n) is 2.32. The Bertz CT molecular complexity index is 224. The minimum absolute atomic E-state index is 0.127. The van der Waals surface area contributed by atoms with Crippen molar-refractivity contribution < 1.29 is 9.18 Å². The predicted molar refractivity (Wildman–Crippen MR) is 29.0 cm³/mol. The van der Waals surface area contributed by atoms with Gasteiger partial charge in [-0.1, -0.05) is 0 Å². The summed E-state index contributed by atoms with van der Waals surface area (Å²) in [5, 5.41) is 0. The number of nitrogens with zero attached hydrogens (tertiary/aromatic N) is 1. The van der Waals surface area contributed by atoms with Crippen LogP contribution in [-0.2, 0) is 4.79 Å². The molecule has 0 unspecified atom stereocenters. The minimum Gasteiger partial charge on any atom is -0.285 e. The second kappa shape index (κ2) is 2.35. The highest BCUT2D eigenvalue weighted by atomic mass is 19.1. The molecule has 0 aromatic carbocycles. The molecule has 1 heterocycles. The van der Waals surface area contributed by atoms with Gasteiger partial charge in [0.05, 0.1) is 5.56 Å². The van der Waals surface area contributed by atoms with E-state index in [0.29, 0.717) is 0 Å². The van der Waals surface area contributed by atoms with Crippen LogP contribution >= 0.6 is 0 Å². The largest absolute Gasteiger partial charge is 0.285 e. The van der Waals surface area contributed by atoms with Gasteiger partial charge in [-0.3, -0.25) is 9.78 Å². The van der Waals surface area contributed by atoms with E-state index < -0.39 is 5.82 Å². The lowest BCUT2D eigenvalue weighted by Crippen LogP contribution is -1.86. The van der Waals surface area contributed by atoms with Gasteiger partial charge in [-0.25, -0.2) is 4.39 Å². The number of aromatic nitrogens is 1. The summed E-state index contributed by atoms with van der Waals surface area (Å²) in [6, 6.07) is 1.11. The molecule has 1 rings (SSSR count). The monoisotopic (exact) mass is 124 g/mol. The van der Waals surface area contributed by atoms with E-state index in [2.05, 4.69) is 4.98 Å². The third-order valence-corrected chi connectivity index (χ3v) is 0.878. The molecule has 0 spiro atoms. The summed E-state index contributed by atoms with van der Waals surface area (Å²) in [5.41, 5.74) is -0.127. The van der Waals surface area contributed by atoms with Gasteiger partial charge >= 0.3 is 0 Å². The summed E-state index contributed by atoms with van der Waals surface area (Å²) in [6.07, 6.45) is 3.81. The molecule has 3 heteroatoms. The third-order valence-electron chi connectivity index (χ3n) is 0.878. The van der Waals surface area contributed by atoms with Crippen LogP contribution in [-0.4, -0.2) is 11.3 Å². The summed E-state index contributed by atoms with van der Waals surface area (Å²) in [4.78, 5) is 13.3. The van der Waals surface area contributed by atoms with Crippen molar-refractivity contribution in [1.29, 1.82) is 0 Å². The average molecular weight is 124 g/mol. The minimum atomic E-state index is -0.583. The maximum absolute atomic E-state index is 12.3. The van der Waals surface area contributed by atoms with Crippen LogP contribution in [0.25, 0.3) is 0 Å². The van der Waals surface area contributed by atoms with E-state index in [1.165, 1.54) is 12.5 Å². The lowest BCUT2D eigenvalue weighted by molar-refractivity contribution is 0.556. The molecule has 2 nitrogen and oxygen atoms in total. The molecule has 0 aliphatic rings. The van der Waals surface area contributed by atoms with Crippen molar-refractivity contribution in [2.75, 3.05) is 0 Å². The summed E-state index contributed by atoms with van der Waals surface area (Å²) in [7, 11) is 0. The molecule has 1 radical (unpaired) electrons. The first-order valence-corrected chi connectivity index (χ1v) is 2.32. The molecule has 0 aliphatic heterocycles. The van der Waals surface area contributed by atoms with Crippen LogP contribution in [0.4, 0.5) is 4.39 Å². The zero-order valence-electron chi connectivity index (χ0n) is 4.47. The number of rotatable bonds is 1. The molecule has 0 fully saturated rings. The summed E-state index contributed by atoms with van der Waals surface area (Å²) in [6.45, 7) is 0. The van der Waals surface area contributed by atoms with Crippen LogP contribution < -0.4 is 0 Å². The van der Waals surface area contributed by atoms with Gasteiger partial charge in [-0.15, -0.1) is 0 Å². The fraction of sp³-hybridized carbons (Fsp3) is 0. The lowest BCUT2D eigenvalue weighted by atomic mass is 10.3. The van der Waals surface area contributed by atoms with Gasteiger partial charge < -0.3 is 0 Å². The summed E-state index contributed by atoms with van der Waals surface area (Å²) < 4.78 is 12.3. The Balaban J connectivity index is 3.15. The molecule has 0 N–H and O–H groups in total. The number of carbonyl (C=O) groups excluding carboxylic acids is 1. The second-order valence-electron chi connectivity index (χ2n) is 1.46. The van der Waals surface area contributed by atoms with Crippen LogP contribution in [0.1, 0.15) is 5.56 Å². The van der Waals surface area contributed by atoms with Crippen molar-refractivity contribution in [2.24, 2.45) is 0 Å². The number of halogens is 1. The van der Waals surface area contributed by atoms with Gasteiger partial charge in [0.25, 0.3) is 0 Å². The fourth-order valence-corrected chi connectivity index (χ4v) is 0.453. The highest BCUT2D eigenvalue weighted by Gasteiger charge is 1.97. The molecule has 1 aromatic heterocycles. The van der Waals surface area contributed by atoms with E-state index in [9.17, 15) is 9.18 Å². The predicted octanol–water partition coefficient (Wildman–Crippen LogP) is 0.678. The van der Waals surface area contributed by atoms with Crippen molar-refractivity contribution in [2.45, 2.75) is 0 Å². The van der Waals surface area contributed by atoms with Crippen LogP contribution in [0.3, 0.4) is 0 Å². The van der Waals surface area contributed by atoms with Crippen molar-refractivity contribution >= 4 is 6.29 Å². The number of hydrogen-bond acceptors (Lipinski definition) is 2. The van der Waals surface area contributed by atoms with Gasteiger partial charge in [0.2, 0.25) is 6.29 Å². The molecule has 0 aliphatic carbocycles. The van der Waals surface area contributed by atoms with Crippen molar-refractivity contribution in [1.82, 2.24) is 4.98 Å². The smallest absolute Gasteiger partial charge is 0.238 e. The van der Waals surface area contributed by atoms with E-state index in [4.69, 9.17) is 0 Å². The fourth-order valence-electron chi connectivity index (χ4n) is 0.453. The third kappa shape index (κ3) is 1.10. The Kier molecular flexibility index (Phi) is 1.53. The SMILES string of the molecule is O=[C]c1cnccc1F. The first-order chi connectivity index (χ1) is 4.34. The Morgan fingerprint density at radius 3 is 2.89 bits per heavy atom. The lowest BCUT2D eigenvalue weighted by Gasteiger charge is -1.86. The molecular weight excluding hydrogens is 121 g/mol. The number of pyridine rings is 1. The van der Waals surface area contributed by atoms with E-state index >= 15 is 0 Å². The zero-order chi connectivity index (χ0) is 6.69. The van der Waals surface area contributed by atoms with Crippen LogP contribution in [0.15, 0.2) is 18.5 Å². The normalized spacial score (nSPS) is 9.00. The van der Waals surface area contributed by atoms with E-state index in [1.54, 1.807) is 0 Å². The van der Waals surface area contributed by atoms with E-state index in [1.807, 2.05) is 0 Å². The molecule has 9 heavy (non-hydrogen) atoms. The Labute approximate surface area is 51.3 Å². The molecule has 0 atom stereocenters. The van der Waals surface area contributed by atoms with Gasteiger partial charge in [-0.2, -0.15) is 0 Å². The number of hydrogen-bond donors (Lipinski definition) is 0. The second-order valence-corrected chi connectivity index (χ2v) is 1.46. The van der Waals surface area contributed by atoms with Gasteiger partial charge in [0.1, 0.15) is 5.82 Å². The Hall–Kier alpha value is -1.25. The highest BCUT2D eigenvalue weighted by Crippen LogP contribution is 1.98. The maximum atomic E-state index is 12.3. The summed E-state index contributed by atoms with van der Waals surface area (Å²) >= 11 is 0. The highest BCUT2D eigenvalue weighted by molar-refractivity contribution is 5.74. The van der Waals surface area contributed by atoms with Gasteiger partial charge in [0, 0.05) is 12.4 Å². The van der Waals surface area contributed by atoms with Crippen molar-refractivity contribution in [3.8, 4) is 0 Å². The molecule has 0 saturated heterocycles. The van der Waals surface area contributed by atoms with Gasteiger partial charge in [-0.05, 0) is 6.07 Å². The Morgan fingerprint density at radius 1 is 1.67 bits per heavy atom. The van der Waals surface area contributed by atoms with E-state index in [0.717, 1.165) is 12.3 Å². The van der Waals surface area contributed by atoms with Crippen LogP contribution in [0.5, 0.6) is 0 Å². The quantitative estimate of drug-likeness (QED) is 0.551. The molecule has 0 saturated carbocycles. The molecular formula is C6H3FNO. The van der Waals surface area contributed by atoms with Crippen LogP contribution in [0.2, 0.25) is 0 Å². The van der Waals surface area contributed by atoms with Crippen molar-refractivity contribution in [3.63, 3.8) is 0 Å². The maximum Gasteiger partial charge on any atom is 0.238 e. The molecule has 1 aromatic rings. The molecule has 0 bridgehead atoms. The average Bonchev–Trinajstić information content (AvgIpc) is 1.89. The summed E-state index contributed by atoms with van der Waals surface area (Å²) in [5.74, 6) is -0.583. The standard InChI is InChI=1S/C6H3FNO/c7-6-1-2-8-3-5(6)4-9/h1-3H. The van der Waals surface area contributed by atoms with Crippen molar-refractivity contribution in [3.05, 3.63) is 29.8 Å².